The molecular formula is C20H19NO2S. The first-order chi connectivity index (χ1) is 11.6. The van der Waals surface area contributed by atoms with Crippen LogP contribution in [-0.2, 0) is 10.5 Å². The van der Waals surface area contributed by atoms with Crippen molar-refractivity contribution >= 4 is 28.6 Å². The quantitative estimate of drug-likeness (QED) is 0.480. The number of para-hydroxylation sites is 1. The van der Waals surface area contributed by atoms with E-state index in [0.29, 0.717) is 5.56 Å². The molecule has 122 valence electrons. The zero-order chi connectivity index (χ0) is 16.9. The molecule has 1 heterocycles. The summed E-state index contributed by atoms with van der Waals surface area (Å²) in [6.07, 6.45) is -0.105. The predicted octanol–water partition coefficient (Wildman–Crippen LogP) is 5.09. The van der Waals surface area contributed by atoms with Crippen molar-refractivity contribution in [3.8, 4) is 0 Å². The minimum atomic E-state index is -0.277. The molecule has 24 heavy (non-hydrogen) atoms. The van der Waals surface area contributed by atoms with Crippen molar-refractivity contribution < 1.29 is 9.53 Å². The molecule has 3 nitrogen and oxygen atoms in total. The van der Waals surface area contributed by atoms with E-state index in [1.54, 1.807) is 11.8 Å². The second-order valence-corrected chi connectivity index (χ2v) is 6.78. The van der Waals surface area contributed by atoms with Crippen LogP contribution in [0.1, 0.15) is 29.8 Å². The Balaban J connectivity index is 1.64. The number of benzene rings is 2. The van der Waals surface area contributed by atoms with Gasteiger partial charge in [0.05, 0.1) is 22.2 Å². The summed E-state index contributed by atoms with van der Waals surface area (Å²) in [5.74, 6) is 0.533. The SMILES string of the molecule is CC(C)OC(=O)c1ccc(CSc2ccc3ccccc3n2)cc1. The summed E-state index contributed by atoms with van der Waals surface area (Å²) in [7, 11) is 0. The van der Waals surface area contributed by atoms with Gasteiger partial charge in [0.1, 0.15) is 0 Å². The summed E-state index contributed by atoms with van der Waals surface area (Å²) in [4.78, 5) is 16.5. The third kappa shape index (κ3) is 4.15. The molecule has 0 atom stereocenters. The minimum Gasteiger partial charge on any atom is -0.459 e. The lowest BCUT2D eigenvalue weighted by molar-refractivity contribution is 0.0378. The highest BCUT2D eigenvalue weighted by molar-refractivity contribution is 7.98. The van der Waals surface area contributed by atoms with Crippen LogP contribution in [0.3, 0.4) is 0 Å². The summed E-state index contributed by atoms with van der Waals surface area (Å²) in [6, 6.07) is 19.8. The van der Waals surface area contributed by atoms with Crippen LogP contribution in [0.2, 0.25) is 0 Å². The number of rotatable bonds is 5. The third-order valence-electron chi connectivity index (χ3n) is 3.49. The highest BCUT2D eigenvalue weighted by Gasteiger charge is 2.09. The number of hydrogen-bond acceptors (Lipinski definition) is 4. The van der Waals surface area contributed by atoms with Gasteiger partial charge in [0, 0.05) is 11.1 Å². The maximum absolute atomic E-state index is 11.8. The molecule has 0 saturated carbocycles. The van der Waals surface area contributed by atoms with Gasteiger partial charge in [-0.1, -0.05) is 36.4 Å². The fourth-order valence-corrected chi connectivity index (χ4v) is 3.14. The number of pyridine rings is 1. The van der Waals surface area contributed by atoms with E-state index < -0.39 is 0 Å². The van der Waals surface area contributed by atoms with Crippen molar-refractivity contribution in [3.63, 3.8) is 0 Å². The highest BCUT2D eigenvalue weighted by atomic mass is 32.2. The molecule has 0 radical (unpaired) electrons. The van der Waals surface area contributed by atoms with E-state index in [1.165, 1.54) is 0 Å². The zero-order valence-electron chi connectivity index (χ0n) is 13.7. The van der Waals surface area contributed by atoms with Gasteiger partial charge in [0.2, 0.25) is 0 Å². The molecule has 3 rings (SSSR count). The van der Waals surface area contributed by atoms with Crippen LogP contribution >= 0.6 is 11.8 Å². The summed E-state index contributed by atoms with van der Waals surface area (Å²) < 4.78 is 5.19. The summed E-state index contributed by atoms with van der Waals surface area (Å²) in [5.41, 5.74) is 2.74. The van der Waals surface area contributed by atoms with E-state index in [2.05, 4.69) is 17.1 Å². The van der Waals surface area contributed by atoms with Crippen LogP contribution in [-0.4, -0.2) is 17.1 Å². The first kappa shape index (κ1) is 16.5. The fraction of sp³-hybridized carbons (Fsp3) is 0.200. The van der Waals surface area contributed by atoms with Crippen molar-refractivity contribution in [1.82, 2.24) is 4.98 Å². The number of carbonyl (C=O) groups is 1. The maximum Gasteiger partial charge on any atom is 0.338 e. The number of esters is 1. The number of hydrogen-bond donors (Lipinski definition) is 0. The molecule has 2 aromatic carbocycles. The van der Waals surface area contributed by atoms with Gasteiger partial charge in [0.15, 0.2) is 0 Å². The Hall–Kier alpha value is -2.33. The van der Waals surface area contributed by atoms with E-state index in [4.69, 9.17) is 4.74 Å². The molecule has 3 aromatic rings. The average molecular weight is 337 g/mol. The molecule has 0 unspecified atom stereocenters. The molecule has 0 amide bonds. The predicted molar refractivity (Wildman–Crippen MR) is 98.3 cm³/mol. The van der Waals surface area contributed by atoms with Gasteiger partial charge in [-0.25, -0.2) is 9.78 Å². The number of nitrogens with zero attached hydrogens (tertiary/aromatic N) is 1. The van der Waals surface area contributed by atoms with Gasteiger partial charge < -0.3 is 4.74 Å². The second kappa shape index (κ2) is 7.49. The zero-order valence-corrected chi connectivity index (χ0v) is 14.5. The van der Waals surface area contributed by atoms with Crippen molar-refractivity contribution in [2.45, 2.75) is 30.7 Å². The Bertz CT molecular complexity index is 844. The Morgan fingerprint density at radius 1 is 1.04 bits per heavy atom. The lowest BCUT2D eigenvalue weighted by atomic mass is 10.1. The van der Waals surface area contributed by atoms with Gasteiger partial charge in [-0.3, -0.25) is 0 Å². The smallest absolute Gasteiger partial charge is 0.338 e. The number of fused-ring (bicyclic) bond motifs is 1. The van der Waals surface area contributed by atoms with Crippen LogP contribution < -0.4 is 0 Å². The maximum atomic E-state index is 11.8. The Labute approximate surface area is 146 Å². The molecule has 4 heteroatoms. The van der Waals surface area contributed by atoms with Gasteiger partial charge >= 0.3 is 5.97 Å². The molecule has 0 aliphatic rings. The number of thioether (sulfide) groups is 1. The van der Waals surface area contributed by atoms with E-state index in [1.807, 2.05) is 62.4 Å². The van der Waals surface area contributed by atoms with Crippen LogP contribution in [0.4, 0.5) is 0 Å². The lowest BCUT2D eigenvalue weighted by Crippen LogP contribution is -2.11. The molecule has 0 spiro atoms. The second-order valence-electron chi connectivity index (χ2n) is 5.78. The van der Waals surface area contributed by atoms with E-state index in [0.717, 1.165) is 27.2 Å². The molecule has 0 fully saturated rings. The van der Waals surface area contributed by atoms with Crippen molar-refractivity contribution in [3.05, 3.63) is 71.8 Å². The van der Waals surface area contributed by atoms with Crippen LogP contribution in [0.5, 0.6) is 0 Å². The Morgan fingerprint density at radius 3 is 2.54 bits per heavy atom. The monoisotopic (exact) mass is 337 g/mol. The van der Waals surface area contributed by atoms with E-state index in [9.17, 15) is 4.79 Å². The van der Waals surface area contributed by atoms with Crippen molar-refractivity contribution in [1.29, 1.82) is 0 Å². The fourth-order valence-electron chi connectivity index (χ4n) is 2.30. The van der Waals surface area contributed by atoms with Crippen molar-refractivity contribution in [2.75, 3.05) is 0 Å². The Kier molecular flexibility index (Phi) is 5.16. The topological polar surface area (TPSA) is 39.2 Å². The number of carbonyl (C=O) groups excluding carboxylic acids is 1. The first-order valence-corrected chi connectivity index (χ1v) is 8.89. The standard InChI is InChI=1S/C20H19NO2S/c1-14(2)23-20(22)17-9-7-15(8-10-17)13-24-19-12-11-16-5-3-4-6-18(16)21-19/h3-12,14H,13H2,1-2H3. The molecule has 1 aromatic heterocycles. The number of ether oxygens (including phenoxy) is 1. The molecule has 0 saturated heterocycles. The third-order valence-corrected chi connectivity index (χ3v) is 4.49. The number of aromatic nitrogens is 1. The summed E-state index contributed by atoms with van der Waals surface area (Å²) in [6.45, 7) is 3.69. The summed E-state index contributed by atoms with van der Waals surface area (Å²) in [5, 5.41) is 2.15. The van der Waals surface area contributed by atoms with E-state index in [-0.39, 0.29) is 12.1 Å². The largest absolute Gasteiger partial charge is 0.459 e. The molecule has 0 bridgehead atoms. The highest BCUT2D eigenvalue weighted by Crippen LogP contribution is 2.23. The molecule has 0 N–H and O–H groups in total. The molecule has 0 aliphatic heterocycles. The van der Waals surface area contributed by atoms with E-state index >= 15 is 0 Å². The Morgan fingerprint density at radius 2 is 1.79 bits per heavy atom. The van der Waals surface area contributed by atoms with Crippen LogP contribution in [0.15, 0.2) is 65.7 Å². The van der Waals surface area contributed by atoms with Crippen LogP contribution in [0.25, 0.3) is 10.9 Å². The first-order valence-electron chi connectivity index (χ1n) is 7.90. The average Bonchev–Trinajstić information content (AvgIpc) is 2.59. The minimum absolute atomic E-state index is 0.105. The lowest BCUT2D eigenvalue weighted by Gasteiger charge is -2.08. The van der Waals surface area contributed by atoms with Gasteiger partial charge in [0.25, 0.3) is 0 Å². The summed E-state index contributed by atoms with van der Waals surface area (Å²) >= 11 is 1.69. The molecular weight excluding hydrogens is 318 g/mol. The van der Waals surface area contributed by atoms with Crippen LogP contribution in [0, 0.1) is 0 Å². The molecule has 0 aliphatic carbocycles. The van der Waals surface area contributed by atoms with Gasteiger partial charge in [-0.15, -0.1) is 11.8 Å². The van der Waals surface area contributed by atoms with Crippen molar-refractivity contribution in [2.24, 2.45) is 0 Å². The van der Waals surface area contributed by atoms with Gasteiger partial charge in [-0.05, 0) is 43.7 Å². The van der Waals surface area contributed by atoms with Gasteiger partial charge in [-0.2, -0.15) is 0 Å². The normalized spacial score (nSPS) is 11.0.